The number of nitrogens with one attached hydrogen (secondary N) is 3. The summed E-state index contributed by atoms with van der Waals surface area (Å²) >= 11 is 3.30. The van der Waals surface area contributed by atoms with Crippen LogP contribution in [0.4, 0.5) is 5.69 Å². The van der Waals surface area contributed by atoms with E-state index in [-0.39, 0.29) is 6.04 Å². The van der Waals surface area contributed by atoms with Crippen LogP contribution in [-0.2, 0) is 10.0 Å². The smallest absolute Gasteiger partial charge is 0.238 e. The van der Waals surface area contributed by atoms with Gasteiger partial charge in [-0.3, -0.25) is 15.6 Å². The highest BCUT2D eigenvalue weighted by Gasteiger charge is 2.34. The zero-order chi connectivity index (χ0) is 12.5. The number of sulfonamides is 1. The van der Waals surface area contributed by atoms with E-state index >= 15 is 0 Å². The molecule has 0 aromatic heterocycles. The van der Waals surface area contributed by atoms with Crippen LogP contribution >= 0.6 is 15.9 Å². The van der Waals surface area contributed by atoms with E-state index in [1.807, 2.05) is 6.92 Å². The second kappa shape index (κ2) is 4.93. The third-order valence-electron chi connectivity index (χ3n) is 2.69. The number of rotatable bonds is 3. The number of anilines is 1. The van der Waals surface area contributed by atoms with Crippen LogP contribution < -0.4 is 15.6 Å². The summed E-state index contributed by atoms with van der Waals surface area (Å²) in [7, 11) is -3.37. The fourth-order valence-electron chi connectivity index (χ4n) is 1.73. The molecule has 94 valence electrons. The lowest BCUT2D eigenvalue weighted by atomic mass is 10.3. The molecule has 17 heavy (non-hydrogen) atoms. The van der Waals surface area contributed by atoms with Gasteiger partial charge in [-0.2, -0.15) is 0 Å². The van der Waals surface area contributed by atoms with Crippen molar-refractivity contribution in [3.05, 3.63) is 28.7 Å². The molecule has 0 radical (unpaired) electrons. The average molecular weight is 320 g/mol. The minimum Gasteiger partial charge on any atom is -0.283 e. The van der Waals surface area contributed by atoms with E-state index in [9.17, 15) is 8.42 Å². The minimum absolute atomic E-state index is 0.108. The molecule has 1 aliphatic heterocycles. The molecule has 1 saturated heterocycles. The van der Waals surface area contributed by atoms with Crippen LogP contribution in [0.1, 0.15) is 6.92 Å². The fraction of sp³-hybridized carbons (Fsp3) is 0.400. The fourth-order valence-corrected chi connectivity index (χ4v) is 3.52. The lowest BCUT2D eigenvalue weighted by Gasteiger charge is -2.16. The Morgan fingerprint density at radius 3 is 2.53 bits per heavy atom. The van der Waals surface area contributed by atoms with Gasteiger partial charge in [0.2, 0.25) is 10.0 Å². The molecule has 0 saturated carbocycles. The topological polar surface area (TPSA) is 70.2 Å². The Bertz CT molecular complexity index is 489. The summed E-state index contributed by atoms with van der Waals surface area (Å²) in [4.78, 5) is 0. The summed E-state index contributed by atoms with van der Waals surface area (Å²) < 4.78 is 27.7. The highest BCUT2D eigenvalue weighted by Crippen LogP contribution is 2.18. The van der Waals surface area contributed by atoms with Crippen molar-refractivity contribution < 1.29 is 8.42 Å². The number of hydrogen-bond acceptors (Lipinski definition) is 4. The lowest BCUT2D eigenvalue weighted by molar-refractivity contribution is 0.565. The Labute approximate surface area is 109 Å². The highest BCUT2D eigenvalue weighted by molar-refractivity contribution is 9.10. The monoisotopic (exact) mass is 319 g/mol. The van der Waals surface area contributed by atoms with Gasteiger partial charge < -0.3 is 0 Å². The molecule has 5 nitrogen and oxygen atoms in total. The van der Waals surface area contributed by atoms with Crippen molar-refractivity contribution in [2.24, 2.45) is 0 Å². The first-order valence-corrected chi connectivity index (χ1v) is 7.58. The maximum absolute atomic E-state index is 12.1. The molecule has 1 aromatic carbocycles. The van der Waals surface area contributed by atoms with Gasteiger partial charge in [0.1, 0.15) is 5.25 Å². The molecular formula is C10H14BrN3O2S. The molecule has 0 spiro atoms. The van der Waals surface area contributed by atoms with Gasteiger partial charge in [-0.15, -0.1) is 0 Å². The summed E-state index contributed by atoms with van der Waals surface area (Å²) in [5.41, 5.74) is 6.32. The second-order valence-electron chi connectivity index (χ2n) is 4.01. The van der Waals surface area contributed by atoms with Gasteiger partial charge in [0.25, 0.3) is 0 Å². The van der Waals surface area contributed by atoms with Crippen molar-refractivity contribution in [3.8, 4) is 0 Å². The number of hydrazine groups is 1. The molecule has 0 aliphatic carbocycles. The average Bonchev–Trinajstić information content (AvgIpc) is 2.68. The summed E-state index contributed by atoms with van der Waals surface area (Å²) in [5.74, 6) is 0. The number of halogens is 1. The first kappa shape index (κ1) is 12.8. The lowest BCUT2D eigenvalue weighted by Crippen LogP contribution is -2.38. The summed E-state index contributed by atoms with van der Waals surface area (Å²) in [6.07, 6.45) is 0. The van der Waals surface area contributed by atoms with Gasteiger partial charge in [0, 0.05) is 22.7 Å². The van der Waals surface area contributed by atoms with Crippen LogP contribution in [0.25, 0.3) is 0 Å². The third-order valence-corrected chi connectivity index (χ3v) is 5.11. The molecule has 0 bridgehead atoms. The Morgan fingerprint density at radius 1 is 1.35 bits per heavy atom. The third kappa shape index (κ3) is 2.98. The van der Waals surface area contributed by atoms with E-state index < -0.39 is 15.3 Å². The van der Waals surface area contributed by atoms with Gasteiger partial charge in [-0.1, -0.05) is 15.9 Å². The quantitative estimate of drug-likeness (QED) is 0.779. The van der Waals surface area contributed by atoms with Crippen molar-refractivity contribution >= 4 is 31.6 Å². The van der Waals surface area contributed by atoms with Crippen LogP contribution in [0.2, 0.25) is 0 Å². The first-order valence-electron chi connectivity index (χ1n) is 5.24. The zero-order valence-electron chi connectivity index (χ0n) is 9.27. The van der Waals surface area contributed by atoms with Gasteiger partial charge in [0.15, 0.2) is 0 Å². The maximum atomic E-state index is 12.1. The van der Waals surface area contributed by atoms with Crippen molar-refractivity contribution in [3.63, 3.8) is 0 Å². The molecule has 1 fully saturated rings. The molecule has 2 rings (SSSR count). The Balaban J connectivity index is 2.14. The molecule has 1 heterocycles. The molecule has 7 heteroatoms. The zero-order valence-corrected chi connectivity index (χ0v) is 11.7. The van der Waals surface area contributed by atoms with Gasteiger partial charge in [-0.25, -0.2) is 8.42 Å². The van der Waals surface area contributed by atoms with Crippen molar-refractivity contribution in [1.29, 1.82) is 0 Å². The predicted octanol–water partition coefficient (Wildman–Crippen LogP) is 1.06. The molecule has 2 unspecified atom stereocenters. The number of hydrogen-bond donors (Lipinski definition) is 3. The number of benzene rings is 1. The van der Waals surface area contributed by atoms with Crippen molar-refractivity contribution in [2.45, 2.75) is 18.2 Å². The molecular weight excluding hydrogens is 306 g/mol. The normalized spacial score (nSPS) is 24.8. The summed E-state index contributed by atoms with van der Waals surface area (Å²) in [5, 5.41) is -0.467. The van der Waals surface area contributed by atoms with Crippen LogP contribution in [0, 0.1) is 0 Å². The standard InChI is InChI=1S/C10H14BrN3O2S/c1-7-10(6-12-13-7)17(15,16)14-9-4-2-8(11)3-5-9/h2-5,7,10,12-14H,6H2,1H3. The van der Waals surface area contributed by atoms with E-state index in [1.165, 1.54) is 0 Å². The van der Waals surface area contributed by atoms with Gasteiger partial charge in [0.05, 0.1) is 0 Å². The van der Waals surface area contributed by atoms with Gasteiger partial charge in [-0.05, 0) is 31.2 Å². The predicted molar refractivity (Wildman–Crippen MR) is 71.1 cm³/mol. The first-order chi connectivity index (χ1) is 7.99. The van der Waals surface area contributed by atoms with E-state index in [4.69, 9.17) is 0 Å². The van der Waals surface area contributed by atoms with Crippen LogP contribution in [0.15, 0.2) is 28.7 Å². The van der Waals surface area contributed by atoms with E-state index in [0.717, 1.165) is 4.47 Å². The van der Waals surface area contributed by atoms with Crippen molar-refractivity contribution in [2.75, 3.05) is 11.3 Å². The Hall–Kier alpha value is -0.630. The van der Waals surface area contributed by atoms with Crippen molar-refractivity contribution in [1.82, 2.24) is 10.9 Å². The second-order valence-corrected chi connectivity index (χ2v) is 6.82. The molecule has 1 aliphatic rings. The highest BCUT2D eigenvalue weighted by atomic mass is 79.9. The minimum atomic E-state index is -3.37. The molecule has 2 atom stereocenters. The van der Waals surface area contributed by atoms with E-state index in [0.29, 0.717) is 12.2 Å². The summed E-state index contributed by atoms with van der Waals surface area (Å²) in [6, 6.07) is 6.94. The van der Waals surface area contributed by atoms with Gasteiger partial charge >= 0.3 is 0 Å². The van der Waals surface area contributed by atoms with Crippen LogP contribution in [-0.4, -0.2) is 26.3 Å². The largest absolute Gasteiger partial charge is 0.283 e. The van der Waals surface area contributed by atoms with E-state index in [2.05, 4.69) is 31.5 Å². The maximum Gasteiger partial charge on any atom is 0.238 e. The SMILES string of the molecule is CC1NNCC1S(=O)(=O)Nc1ccc(Br)cc1. The molecule has 3 N–H and O–H groups in total. The molecule has 1 aromatic rings. The van der Waals surface area contributed by atoms with Crippen LogP contribution in [0.3, 0.4) is 0 Å². The molecule has 0 amide bonds. The van der Waals surface area contributed by atoms with E-state index in [1.54, 1.807) is 24.3 Å². The summed E-state index contributed by atoms with van der Waals surface area (Å²) in [6.45, 7) is 2.25. The Morgan fingerprint density at radius 2 is 2.00 bits per heavy atom. The Kier molecular flexibility index (Phi) is 3.72. The van der Waals surface area contributed by atoms with Crippen LogP contribution in [0.5, 0.6) is 0 Å².